The highest BCUT2D eigenvalue weighted by Crippen LogP contribution is 2.43. The Kier molecular flexibility index (Phi) is 19.7. The summed E-state index contributed by atoms with van der Waals surface area (Å²) < 4.78 is 58.1. The van der Waals surface area contributed by atoms with Crippen LogP contribution in [0.5, 0.6) is 0 Å². The van der Waals surface area contributed by atoms with Crippen molar-refractivity contribution >= 4 is 77.9 Å². The van der Waals surface area contributed by atoms with Gasteiger partial charge in [0.25, 0.3) is 31.9 Å². The van der Waals surface area contributed by atoms with E-state index in [1.165, 1.54) is 19.1 Å². The van der Waals surface area contributed by atoms with Gasteiger partial charge in [-0.05, 0) is 189 Å². The van der Waals surface area contributed by atoms with Crippen LogP contribution in [-0.2, 0) is 40.5 Å². The van der Waals surface area contributed by atoms with Gasteiger partial charge in [-0.25, -0.2) is 29.4 Å². The molecule has 6 aliphatic heterocycles. The summed E-state index contributed by atoms with van der Waals surface area (Å²) in [6.07, 6.45) is 9.64. The molecule has 0 radical (unpaired) electrons. The summed E-state index contributed by atoms with van der Waals surface area (Å²) in [5, 5.41) is 9.83. The monoisotopic (exact) mass is 1230 g/mol. The van der Waals surface area contributed by atoms with Crippen LogP contribution in [0.1, 0.15) is 179 Å². The van der Waals surface area contributed by atoms with Crippen molar-refractivity contribution < 1.29 is 36.0 Å². The van der Waals surface area contributed by atoms with Crippen LogP contribution in [0, 0.1) is 23.7 Å². The van der Waals surface area contributed by atoms with Gasteiger partial charge in [-0.2, -0.15) is 16.8 Å². The molecule has 4 atom stereocenters. The fraction of sp³-hybridized carbons (Fsp3) is 0.613. The molecule has 4 aromatic heterocycles. The number of anilines is 4. The fourth-order valence-electron chi connectivity index (χ4n) is 13.1. The van der Waals surface area contributed by atoms with E-state index in [1.54, 1.807) is 43.3 Å². The van der Waals surface area contributed by atoms with Crippen LogP contribution in [0.4, 0.5) is 23.3 Å². The van der Waals surface area contributed by atoms with Crippen molar-refractivity contribution in [3.05, 3.63) is 83.2 Å². The Bertz CT molecular complexity index is 3330. The van der Waals surface area contributed by atoms with Crippen LogP contribution in [0.2, 0.25) is 0 Å². The molecular weight excluding hydrogens is 1140 g/mol. The molecule has 0 aromatic carbocycles. The predicted octanol–water partition coefficient (Wildman–Crippen LogP) is 9.17. The Hall–Kier alpha value is -5.97. The molecule has 85 heavy (non-hydrogen) atoms. The van der Waals surface area contributed by atoms with E-state index in [0.717, 1.165) is 115 Å². The van der Waals surface area contributed by atoms with E-state index >= 15 is 0 Å². The van der Waals surface area contributed by atoms with Crippen LogP contribution >= 0.6 is 11.6 Å². The van der Waals surface area contributed by atoms with Gasteiger partial charge in [-0.3, -0.25) is 19.2 Å². The van der Waals surface area contributed by atoms with Crippen molar-refractivity contribution in [2.45, 2.75) is 191 Å². The van der Waals surface area contributed by atoms with E-state index in [0.29, 0.717) is 46.9 Å². The predicted molar refractivity (Wildman–Crippen MR) is 333 cm³/mol. The molecule has 0 saturated carbocycles. The Labute approximate surface area is 508 Å². The number of carbonyl (C=O) groups excluding carboxylic acids is 4. The zero-order chi connectivity index (χ0) is 62.0. The molecule has 2 unspecified atom stereocenters. The lowest BCUT2D eigenvalue weighted by Gasteiger charge is -2.36. The number of piperidine rings is 2. The van der Waals surface area contributed by atoms with Crippen molar-refractivity contribution in [3.8, 4) is 0 Å². The highest BCUT2D eigenvalue weighted by molar-refractivity contribution is 7.90. The second-order valence-electron chi connectivity index (χ2n) is 27.3. The first-order valence-electron chi connectivity index (χ1n) is 30.0. The topological polar surface area (TPSA) is 258 Å². The maximum atomic E-state index is 13.6. The zero-order valence-electron chi connectivity index (χ0n) is 51.6. The van der Waals surface area contributed by atoms with Gasteiger partial charge in [-0.1, -0.05) is 53.7 Å². The number of fused-ring (bicyclic) bond motifs is 12. The van der Waals surface area contributed by atoms with Gasteiger partial charge in [0, 0.05) is 85.4 Å². The number of pyridine rings is 4. The van der Waals surface area contributed by atoms with Gasteiger partial charge in [-0.15, -0.1) is 0 Å². The third-order valence-electron chi connectivity index (χ3n) is 17.6. The van der Waals surface area contributed by atoms with Crippen LogP contribution in [0.3, 0.4) is 0 Å². The number of amides is 3. The quantitative estimate of drug-likeness (QED) is 0.117. The van der Waals surface area contributed by atoms with E-state index in [1.807, 2.05) is 17.0 Å². The molecule has 0 aliphatic carbocycles. The number of nitrogens with zero attached hydrogens (tertiary/aromatic N) is 7. The molecule has 23 heteroatoms. The van der Waals surface area contributed by atoms with E-state index in [9.17, 15) is 36.0 Å². The SMILES string of the molecule is CC(=O)Cl.CC(=O)N1CCC(C2CC[C@@H]3CN(c4nc(C(C)(C)C)ccc4C(=O)NS(=O)(=O)c4cccc(n4)N2)C(C)(C)C3)CC1.CC(C)(C)c1ccc2c(n1)N1C[C@@H](CCC(C3CCNCC3)Nc3cccc(n3)S(=O)(=O)NC2=O)CC1(C)C. The third-order valence-corrected chi connectivity index (χ3v) is 20.1. The second-order valence-corrected chi connectivity index (χ2v) is 31.1. The highest BCUT2D eigenvalue weighted by atomic mass is 35.5. The largest absolute Gasteiger partial charge is 0.367 e. The molecule has 4 aromatic rings. The number of hydrogen-bond donors (Lipinski definition) is 5. The normalized spacial score (nSPS) is 24.2. The zero-order valence-corrected chi connectivity index (χ0v) is 54.0. The molecule has 6 aliphatic rings. The minimum atomic E-state index is -4.25. The number of carbonyl (C=O) groups is 4. The minimum Gasteiger partial charge on any atom is -0.367 e. The fourth-order valence-corrected chi connectivity index (χ4v) is 14.9. The van der Waals surface area contributed by atoms with E-state index in [4.69, 9.17) is 9.97 Å². The molecule has 5 N–H and O–H groups in total. The van der Waals surface area contributed by atoms with Gasteiger partial charge < -0.3 is 30.7 Å². The van der Waals surface area contributed by atoms with E-state index in [-0.39, 0.29) is 66.3 Å². The average Bonchev–Trinajstić information content (AvgIpc) is 2.31. The highest BCUT2D eigenvalue weighted by Gasteiger charge is 2.44. The van der Waals surface area contributed by atoms with Gasteiger partial charge in [0.2, 0.25) is 11.1 Å². The molecule has 8 bridgehead atoms. The van der Waals surface area contributed by atoms with Gasteiger partial charge in [0.15, 0.2) is 10.1 Å². The lowest BCUT2D eigenvalue weighted by atomic mass is 9.84. The Balaban J connectivity index is 0.000000209. The Morgan fingerprint density at radius 2 is 0.953 bits per heavy atom. The molecule has 464 valence electrons. The van der Waals surface area contributed by atoms with Crippen LogP contribution in [0.25, 0.3) is 0 Å². The van der Waals surface area contributed by atoms with Crippen LogP contribution < -0.4 is 35.2 Å². The number of aromatic nitrogens is 4. The molecule has 10 heterocycles. The summed E-state index contributed by atoms with van der Waals surface area (Å²) in [6, 6.07) is 17.0. The molecular formula is C62H89ClN12O8S2. The van der Waals surface area contributed by atoms with Crippen molar-refractivity contribution in [1.82, 2.24) is 39.6 Å². The summed E-state index contributed by atoms with van der Waals surface area (Å²) in [5.41, 5.74) is 1.21. The first-order chi connectivity index (χ1) is 39.7. The average molecular weight is 1230 g/mol. The molecule has 4 saturated heterocycles. The smallest absolute Gasteiger partial charge is 0.281 e. The first kappa shape index (κ1) is 65.0. The summed E-state index contributed by atoms with van der Waals surface area (Å²) in [6.45, 7) is 29.0. The Morgan fingerprint density at radius 1 is 0.565 bits per heavy atom. The number of halogens is 1. The lowest BCUT2D eigenvalue weighted by Crippen LogP contribution is -2.42. The summed E-state index contributed by atoms with van der Waals surface area (Å²) >= 11 is 4.64. The molecule has 4 fully saturated rings. The molecule has 0 spiro atoms. The van der Waals surface area contributed by atoms with Crippen LogP contribution in [0.15, 0.2) is 70.7 Å². The van der Waals surface area contributed by atoms with Crippen LogP contribution in [-0.4, -0.2) is 127 Å². The number of hydrogen-bond acceptors (Lipinski definition) is 17. The first-order valence-corrected chi connectivity index (χ1v) is 33.4. The number of sulfonamides is 2. The van der Waals surface area contributed by atoms with Crippen molar-refractivity contribution in [2.75, 3.05) is 59.7 Å². The second kappa shape index (κ2) is 25.8. The van der Waals surface area contributed by atoms with Gasteiger partial charge in [0.1, 0.15) is 23.3 Å². The standard InChI is InChI=1S/C31H44N6O4S.C29H42N6O3S.C2H3ClO/c1-20(38)36-16-14-22(15-17-36)24-12-10-21-18-31(5,6)37(19-21)28-23(11-13-25(33-28)30(2,3)4)29(39)35-42(40,41)27-9-7-8-26(32-24)34-27;1-28(2,3)23-12-10-21-26(32-23)35-18-19(17-29(35,4)5)9-11-22(20-13-15-30-16-14-20)31-24-7-6-8-25(33-24)39(37,38)34-27(21)36;1-2(3)4/h7-9,11,13,21-22,24H,10,12,14-19H2,1-6H3,(H,32,34)(H,35,39);6-8,10,12,19-20,22,30H,9,11,13-18H2,1-5H3,(H,31,33)(H,34,36);1H3/t21-,24?;19-,22?;/m00./s1. The van der Waals surface area contributed by atoms with Crippen molar-refractivity contribution in [2.24, 2.45) is 23.7 Å². The number of rotatable bonds is 2. The summed E-state index contributed by atoms with van der Waals surface area (Å²) in [7, 11) is -8.45. The molecule has 3 amide bonds. The Morgan fingerprint density at radius 3 is 1.33 bits per heavy atom. The summed E-state index contributed by atoms with van der Waals surface area (Å²) in [4.78, 5) is 73.5. The van der Waals surface area contributed by atoms with Gasteiger partial charge in [0.05, 0.1) is 11.1 Å². The minimum absolute atomic E-state index is 0.0688. The van der Waals surface area contributed by atoms with Crippen molar-refractivity contribution in [3.63, 3.8) is 0 Å². The van der Waals surface area contributed by atoms with E-state index in [2.05, 4.69) is 126 Å². The van der Waals surface area contributed by atoms with Gasteiger partial charge >= 0.3 is 0 Å². The lowest BCUT2D eigenvalue weighted by molar-refractivity contribution is -0.130. The van der Waals surface area contributed by atoms with Crippen molar-refractivity contribution in [1.29, 1.82) is 0 Å². The number of nitrogens with one attached hydrogen (secondary N) is 5. The van der Waals surface area contributed by atoms with E-state index < -0.39 is 31.9 Å². The summed E-state index contributed by atoms with van der Waals surface area (Å²) in [5.74, 6) is 2.33. The maximum Gasteiger partial charge on any atom is 0.281 e. The maximum absolute atomic E-state index is 13.6. The molecule has 10 rings (SSSR count). The molecule has 20 nitrogen and oxygen atoms in total. The number of likely N-dealkylation sites (tertiary alicyclic amines) is 1. The third kappa shape index (κ3) is 16.0.